The van der Waals surface area contributed by atoms with E-state index in [9.17, 15) is 4.79 Å². The molecule has 0 fully saturated rings. The quantitative estimate of drug-likeness (QED) is 0.544. The molecule has 0 atom stereocenters. The molecule has 0 aliphatic carbocycles. The monoisotopic (exact) mass is 238 g/mol. The summed E-state index contributed by atoms with van der Waals surface area (Å²) in [6.45, 7) is 3.55. The second-order valence-corrected chi connectivity index (χ2v) is 3.41. The third kappa shape index (κ3) is 5.77. The van der Waals surface area contributed by atoms with Crippen molar-refractivity contribution in [3.8, 4) is 5.75 Å². The van der Waals surface area contributed by atoms with Crippen LogP contribution in [0.4, 0.5) is 5.69 Å². The van der Waals surface area contributed by atoms with Gasteiger partial charge in [-0.15, -0.1) is 0 Å². The molecule has 0 unspecified atom stereocenters. The average Bonchev–Trinajstić information content (AvgIpc) is 2.32. The van der Waals surface area contributed by atoms with Crippen molar-refractivity contribution in [2.45, 2.75) is 6.92 Å². The Morgan fingerprint density at radius 1 is 1.47 bits per heavy atom. The predicted octanol–water partition coefficient (Wildman–Crippen LogP) is 0.800. The van der Waals surface area contributed by atoms with Crippen molar-refractivity contribution >= 4 is 11.6 Å². The molecule has 94 valence electrons. The van der Waals surface area contributed by atoms with Crippen LogP contribution in [0.2, 0.25) is 0 Å². The lowest BCUT2D eigenvalue weighted by Crippen LogP contribution is -2.31. The molecule has 0 heterocycles. The fourth-order valence-electron chi connectivity index (χ4n) is 1.21. The van der Waals surface area contributed by atoms with Crippen molar-refractivity contribution in [2.75, 3.05) is 32.1 Å². The van der Waals surface area contributed by atoms with Gasteiger partial charge in [0.05, 0.1) is 6.61 Å². The highest BCUT2D eigenvalue weighted by molar-refractivity contribution is 5.77. The molecule has 5 heteroatoms. The first-order valence-electron chi connectivity index (χ1n) is 5.55. The minimum atomic E-state index is -0.174. The summed E-state index contributed by atoms with van der Waals surface area (Å²) in [6.07, 6.45) is 0. The van der Waals surface area contributed by atoms with Crippen LogP contribution in [0.25, 0.3) is 0 Å². The smallest absolute Gasteiger partial charge is 0.258 e. The standard InChI is InChI=1S/C12H18N2O3/c1-2-16-7-6-14-12(15)9-17-11-5-3-4-10(13)8-11/h3-5,8H,2,6-7,9,13H2,1H3,(H,14,15). The molecular formula is C12H18N2O3. The first kappa shape index (κ1) is 13.3. The Balaban J connectivity index is 2.19. The minimum Gasteiger partial charge on any atom is -0.484 e. The molecule has 0 aliphatic heterocycles. The summed E-state index contributed by atoms with van der Waals surface area (Å²) in [5.74, 6) is 0.414. The van der Waals surface area contributed by atoms with Gasteiger partial charge in [0, 0.05) is 24.9 Å². The van der Waals surface area contributed by atoms with E-state index in [0.29, 0.717) is 31.2 Å². The van der Waals surface area contributed by atoms with Gasteiger partial charge in [-0.25, -0.2) is 0 Å². The van der Waals surface area contributed by atoms with Gasteiger partial charge in [-0.3, -0.25) is 4.79 Å². The van der Waals surface area contributed by atoms with Gasteiger partial charge < -0.3 is 20.5 Å². The summed E-state index contributed by atoms with van der Waals surface area (Å²) in [5, 5.41) is 2.68. The zero-order chi connectivity index (χ0) is 12.5. The molecule has 1 rings (SSSR count). The molecule has 0 saturated heterocycles. The minimum absolute atomic E-state index is 0.0183. The summed E-state index contributed by atoms with van der Waals surface area (Å²) in [7, 11) is 0. The number of ether oxygens (including phenoxy) is 2. The molecule has 1 aromatic rings. The SMILES string of the molecule is CCOCCNC(=O)COc1cccc(N)c1. The van der Waals surface area contributed by atoms with Crippen LogP contribution in [0.3, 0.4) is 0 Å². The molecule has 0 aliphatic rings. The zero-order valence-corrected chi connectivity index (χ0v) is 9.94. The number of hydrogen-bond donors (Lipinski definition) is 2. The number of rotatable bonds is 7. The van der Waals surface area contributed by atoms with E-state index in [1.807, 2.05) is 6.92 Å². The maximum absolute atomic E-state index is 11.3. The van der Waals surface area contributed by atoms with Crippen LogP contribution < -0.4 is 15.8 Å². The first-order valence-corrected chi connectivity index (χ1v) is 5.55. The van der Waals surface area contributed by atoms with Gasteiger partial charge in [-0.05, 0) is 19.1 Å². The van der Waals surface area contributed by atoms with Crippen molar-refractivity contribution in [1.29, 1.82) is 0 Å². The summed E-state index contributed by atoms with van der Waals surface area (Å²) >= 11 is 0. The predicted molar refractivity (Wildman–Crippen MR) is 65.9 cm³/mol. The average molecular weight is 238 g/mol. The lowest BCUT2D eigenvalue weighted by atomic mass is 10.3. The fraction of sp³-hybridized carbons (Fsp3) is 0.417. The van der Waals surface area contributed by atoms with Gasteiger partial charge in [0.1, 0.15) is 5.75 Å². The Labute approximate surface area is 101 Å². The number of nitrogens with one attached hydrogen (secondary N) is 1. The number of benzene rings is 1. The van der Waals surface area contributed by atoms with Gasteiger partial charge in [0.15, 0.2) is 6.61 Å². The topological polar surface area (TPSA) is 73.6 Å². The van der Waals surface area contributed by atoms with E-state index in [-0.39, 0.29) is 12.5 Å². The van der Waals surface area contributed by atoms with Gasteiger partial charge in [0.25, 0.3) is 5.91 Å². The summed E-state index contributed by atoms with van der Waals surface area (Å²) in [4.78, 5) is 11.3. The molecule has 3 N–H and O–H groups in total. The van der Waals surface area contributed by atoms with Gasteiger partial charge >= 0.3 is 0 Å². The lowest BCUT2D eigenvalue weighted by Gasteiger charge is -2.07. The Kier molecular flexibility index (Phi) is 5.88. The molecule has 0 saturated carbocycles. The van der Waals surface area contributed by atoms with E-state index in [2.05, 4.69) is 5.32 Å². The highest BCUT2D eigenvalue weighted by Crippen LogP contribution is 2.13. The summed E-state index contributed by atoms with van der Waals surface area (Å²) < 4.78 is 10.4. The Bertz CT molecular complexity index is 355. The fourth-order valence-corrected chi connectivity index (χ4v) is 1.21. The summed E-state index contributed by atoms with van der Waals surface area (Å²) in [6, 6.07) is 6.96. The van der Waals surface area contributed by atoms with Crippen molar-refractivity contribution < 1.29 is 14.3 Å². The van der Waals surface area contributed by atoms with Gasteiger partial charge in [-0.2, -0.15) is 0 Å². The molecule has 1 amide bonds. The normalized spacial score (nSPS) is 9.94. The van der Waals surface area contributed by atoms with E-state index in [1.54, 1.807) is 24.3 Å². The van der Waals surface area contributed by atoms with Crippen molar-refractivity contribution in [3.63, 3.8) is 0 Å². The molecule has 0 aromatic heterocycles. The number of anilines is 1. The highest BCUT2D eigenvalue weighted by Gasteiger charge is 2.01. The summed E-state index contributed by atoms with van der Waals surface area (Å²) in [5.41, 5.74) is 6.19. The van der Waals surface area contributed by atoms with Crippen molar-refractivity contribution in [3.05, 3.63) is 24.3 Å². The van der Waals surface area contributed by atoms with Crippen molar-refractivity contribution in [2.24, 2.45) is 0 Å². The highest BCUT2D eigenvalue weighted by atomic mass is 16.5. The van der Waals surface area contributed by atoms with Gasteiger partial charge in [-0.1, -0.05) is 6.07 Å². The van der Waals surface area contributed by atoms with Crippen LogP contribution in [-0.2, 0) is 9.53 Å². The molecular weight excluding hydrogens is 220 g/mol. The number of amides is 1. The van der Waals surface area contributed by atoms with Crippen molar-refractivity contribution in [1.82, 2.24) is 5.32 Å². The van der Waals surface area contributed by atoms with Crippen LogP contribution in [-0.4, -0.2) is 32.3 Å². The molecule has 17 heavy (non-hydrogen) atoms. The van der Waals surface area contributed by atoms with E-state index < -0.39 is 0 Å². The first-order chi connectivity index (χ1) is 8.22. The molecule has 5 nitrogen and oxygen atoms in total. The van der Waals surface area contributed by atoms with E-state index in [0.717, 1.165) is 0 Å². The van der Waals surface area contributed by atoms with E-state index >= 15 is 0 Å². The van der Waals surface area contributed by atoms with Crippen LogP contribution >= 0.6 is 0 Å². The molecule has 0 bridgehead atoms. The van der Waals surface area contributed by atoms with Crippen LogP contribution in [0.15, 0.2) is 24.3 Å². The van der Waals surface area contributed by atoms with Crippen LogP contribution in [0, 0.1) is 0 Å². The number of hydrogen-bond acceptors (Lipinski definition) is 4. The number of nitrogen functional groups attached to an aromatic ring is 1. The van der Waals surface area contributed by atoms with E-state index in [4.69, 9.17) is 15.2 Å². The largest absolute Gasteiger partial charge is 0.484 e. The second-order valence-electron chi connectivity index (χ2n) is 3.41. The molecule has 0 spiro atoms. The number of carbonyl (C=O) groups is 1. The third-order valence-electron chi connectivity index (χ3n) is 2.00. The maximum Gasteiger partial charge on any atom is 0.258 e. The van der Waals surface area contributed by atoms with E-state index in [1.165, 1.54) is 0 Å². The van der Waals surface area contributed by atoms with Crippen LogP contribution in [0.1, 0.15) is 6.92 Å². The second kappa shape index (κ2) is 7.51. The number of nitrogens with two attached hydrogens (primary N) is 1. The zero-order valence-electron chi connectivity index (χ0n) is 9.94. The molecule has 0 radical (unpaired) electrons. The van der Waals surface area contributed by atoms with Gasteiger partial charge in [0.2, 0.25) is 0 Å². The number of carbonyl (C=O) groups excluding carboxylic acids is 1. The Morgan fingerprint density at radius 2 is 2.29 bits per heavy atom. The van der Waals surface area contributed by atoms with Crippen LogP contribution in [0.5, 0.6) is 5.75 Å². The Hall–Kier alpha value is -1.75. The lowest BCUT2D eigenvalue weighted by molar-refractivity contribution is -0.123. The third-order valence-corrected chi connectivity index (χ3v) is 2.00. The molecule has 1 aromatic carbocycles. The maximum atomic E-state index is 11.3. The Morgan fingerprint density at radius 3 is 3.00 bits per heavy atom.